The minimum atomic E-state index is 0.546. The predicted molar refractivity (Wildman–Crippen MR) is 310 cm³/mol. The molecule has 350 valence electrons. The fourth-order valence-corrected chi connectivity index (χ4v) is 11.5. The zero-order valence-corrected chi connectivity index (χ0v) is 40.6. The molecule has 0 N–H and O–H groups in total. The van der Waals surface area contributed by atoms with Gasteiger partial charge in [-0.1, -0.05) is 212 Å². The molecule has 11 aromatic carbocycles. The molecule has 4 aromatic heterocycles. The Bertz CT molecular complexity index is 4590. The number of benzene rings is 11. The van der Waals surface area contributed by atoms with Crippen LogP contribution in [-0.2, 0) is 0 Å². The molecule has 0 aliphatic rings. The summed E-state index contributed by atoms with van der Waals surface area (Å²) in [5, 5.41) is 7.16. The van der Waals surface area contributed by atoms with E-state index in [1.807, 2.05) is 18.2 Å². The summed E-state index contributed by atoms with van der Waals surface area (Å²) in [4.78, 5) is 16.1. The van der Waals surface area contributed by atoms with Gasteiger partial charge in [-0.25, -0.2) is 4.98 Å². The van der Waals surface area contributed by atoms with Crippen LogP contribution in [0.2, 0.25) is 0 Å². The fourth-order valence-electron chi connectivity index (χ4n) is 11.5. The van der Waals surface area contributed by atoms with E-state index in [0.29, 0.717) is 17.6 Å². The highest BCUT2D eigenvalue weighted by atomic mass is 15.2. The monoisotopic (exact) mass is 956 g/mol. The van der Waals surface area contributed by atoms with Gasteiger partial charge in [0.2, 0.25) is 5.95 Å². The molecule has 0 unspecified atom stereocenters. The number of hydrogen-bond donors (Lipinski definition) is 0. The van der Waals surface area contributed by atoms with E-state index in [-0.39, 0.29) is 0 Å². The standard InChI is InChI=1S/C69H44N6/c1-3-19-45(20-4-1)49-41-42-65(74-62-34-14-9-27-55(62)56-28-10-15-35-63(56)74)59(44-49)46-37-39-48(40-38-46)68-70-67(47-21-5-2-6-22-47)71-69(72-68)75-64-36-16-11-29-57(64)58-31-18-30-52(66(58)75)50-23-17-24-51(43-50)73-60-32-12-7-25-53(60)54-26-8-13-33-61(54)73/h1-44H. The smallest absolute Gasteiger partial charge is 0.238 e. The maximum Gasteiger partial charge on any atom is 0.238 e. The Balaban J connectivity index is 0.910. The number of fused-ring (bicyclic) bond motifs is 9. The second-order valence-electron chi connectivity index (χ2n) is 19.2. The predicted octanol–water partition coefficient (Wildman–Crippen LogP) is 17.5. The van der Waals surface area contributed by atoms with Crippen molar-refractivity contribution in [1.82, 2.24) is 28.7 Å². The van der Waals surface area contributed by atoms with Gasteiger partial charge in [-0.15, -0.1) is 0 Å². The first-order chi connectivity index (χ1) is 37.2. The Morgan fingerprint density at radius 2 is 0.667 bits per heavy atom. The van der Waals surface area contributed by atoms with Crippen molar-refractivity contribution in [3.63, 3.8) is 0 Å². The van der Waals surface area contributed by atoms with Gasteiger partial charge in [0.1, 0.15) is 0 Å². The average Bonchev–Trinajstić information content (AvgIpc) is 4.16. The molecule has 0 fully saturated rings. The van der Waals surface area contributed by atoms with Gasteiger partial charge < -0.3 is 9.13 Å². The Hall–Kier alpha value is -10.2. The normalized spacial score (nSPS) is 11.7. The second-order valence-corrected chi connectivity index (χ2v) is 19.2. The number of aromatic nitrogens is 6. The van der Waals surface area contributed by atoms with Crippen LogP contribution in [0.25, 0.3) is 139 Å². The Morgan fingerprint density at radius 1 is 0.240 bits per heavy atom. The molecule has 0 radical (unpaired) electrons. The summed E-state index contributed by atoms with van der Waals surface area (Å²) in [6.45, 7) is 0. The van der Waals surface area contributed by atoms with E-state index < -0.39 is 0 Å². The van der Waals surface area contributed by atoms with E-state index in [4.69, 9.17) is 15.0 Å². The lowest BCUT2D eigenvalue weighted by Gasteiger charge is -2.17. The second kappa shape index (κ2) is 17.3. The van der Waals surface area contributed by atoms with Gasteiger partial charge in [0.25, 0.3) is 0 Å². The third-order valence-electron chi connectivity index (χ3n) is 14.9. The number of hydrogen-bond acceptors (Lipinski definition) is 3. The van der Waals surface area contributed by atoms with E-state index in [2.05, 4.69) is 262 Å². The fraction of sp³-hybridized carbons (Fsp3) is 0. The number of para-hydroxylation sites is 6. The summed E-state index contributed by atoms with van der Waals surface area (Å²) in [5.74, 6) is 1.73. The average molecular weight is 957 g/mol. The van der Waals surface area contributed by atoms with Crippen LogP contribution < -0.4 is 0 Å². The van der Waals surface area contributed by atoms with Crippen LogP contribution in [0.3, 0.4) is 0 Å². The Morgan fingerprint density at radius 3 is 1.25 bits per heavy atom. The van der Waals surface area contributed by atoms with E-state index >= 15 is 0 Å². The third-order valence-corrected chi connectivity index (χ3v) is 14.9. The zero-order chi connectivity index (χ0) is 49.4. The van der Waals surface area contributed by atoms with Crippen molar-refractivity contribution in [1.29, 1.82) is 0 Å². The number of rotatable bonds is 8. The molecule has 0 atom stereocenters. The van der Waals surface area contributed by atoms with Crippen LogP contribution in [-0.4, -0.2) is 28.7 Å². The molecule has 15 aromatic rings. The molecular formula is C69H44N6. The molecule has 6 heteroatoms. The van der Waals surface area contributed by atoms with Crippen molar-refractivity contribution in [3.05, 3.63) is 267 Å². The molecule has 0 aliphatic heterocycles. The molecule has 75 heavy (non-hydrogen) atoms. The van der Waals surface area contributed by atoms with Gasteiger partial charge in [0.05, 0.1) is 38.8 Å². The first kappa shape index (κ1) is 42.5. The largest absolute Gasteiger partial charge is 0.309 e. The quantitative estimate of drug-likeness (QED) is 0.152. The lowest BCUT2D eigenvalue weighted by atomic mass is 9.96. The highest BCUT2D eigenvalue weighted by Gasteiger charge is 2.22. The van der Waals surface area contributed by atoms with Crippen molar-refractivity contribution in [2.75, 3.05) is 0 Å². The molecule has 0 spiro atoms. The molecule has 0 saturated heterocycles. The first-order valence-corrected chi connectivity index (χ1v) is 25.4. The van der Waals surface area contributed by atoms with Crippen LogP contribution in [0.1, 0.15) is 0 Å². The Kier molecular flexibility index (Phi) is 9.78. The van der Waals surface area contributed by atoms with Crippen LogP contribution >= 0.6 is 0 Å². The van der Waals surface area contributed by atoms with Gasteiger partial charge >= 0.3 is 0 Å². The topological polar surface area (TPSA) is 53.5 Å². The van der Waals surface area contributed by atoms with Gasteiger partial charge in [0.15, 0.2) is 11.6 Å². The van der Waals surface area contributed by atoms with Gasteiger partial charge in [-0.05, 0) is 76.9 Å². The van der Waals surface area contributed by atoms with Crippen LogP contribution in [0.15, 0.2) is 267 Å². The lowest BCUT2D eigenvalue weighted by molar-refractivity contribution is 0.954. The maximum absolute atomic E-state index is 5.45. The van der Waals surface area contributed by atoms with Crippen LogP contribution in [0.4, 0.5) is 0 Å². The lowest BCUT2D eigenvalue weighted by Crippen LogP contribution is -2.07. The van der Waals surface area contributed by atoms with E-state index in [9.17, 15) is 0 Å². The molecule has 0 bridgehead atoms. The van der Waals surface area contributed by atoms with Gasteiger partial charge in [-0.3, -0.25) is 4.57 Å². The van der Waals surface area contributed by atoms with E-state index in [0.717, 1.165) is 72.1 Å². The van der Waals surface area contributed by atoms with Crippen molar-refractivity contribution in [3.8, 4) is 73.5 Å². The number of nitrogens with zero attached hydrogens (tertiary/aromatic N) is 6. The summed E-state index contributed by atoms with van der Waals surface area (Å²) in [6, 6.07) is 95.3. The molecular weight excluding hydrogens is 913 g/mol. The highest BCUT2D eigenvalue weighted by Crippen LogP contribution is 2.42. The van der Waals surface area contributed by atoms with Gasteiger partial charge in [0, 0.05) is 60.3 Å². The summed E-state index contributed by atoms with van der Waals surface area (Å²) in [5.41, 5.74) is 17.4. The van der Waals surface area contributed by atoms with Crippen molar-refractivity contribution >= 4 is 65.4 Å². The van der Waals surface area contributed by atoms with E-state index in [1.165, 1.54) is 49.2 Å². The van der Waals surface area contributed by atoms with Crippen LogP contribution in [0, 0.1) is 0 Å². The van der Waals surface area contributed by atoms with Crippen molar-refractivity contribution in [2.24, 2.45) is 0 Å². The summed E-state index contributed by atoms with van der Waals surface area (Å²) in [6.07, 6.45) is 0. The van der Waals surface area contributed by atoms with E-state index in [1.54, 1.807) is 0 Å². The molecule has 4 heterocycles. The molecule has 15 rings (SSSR count). The SMILES string of the molecule is c1ccc(-c2ccc(-n3c4ccccc4c4ccccc43)c(-c3ccc(-c4nc(-c5ccccc5)nc(-n5c6ccccc6c6cccc(-c7cccc(-n8c9ccccc9c9ccccc98)c7)c65)n4)cc3)c2)cc1. The van der Waals surface area contributed by atoms with Crippen molar-refractivity contribution in [2.45, 2.75) is 0 Å². The first-order valence-electron chi connectivity index (χ1n) is 25.4. The minimum absolute atomic E-state index is 0.546. The maximum atomic E-state index is 5.45. The molecule has 0 aliphatic carbocycles. The third kappa shape index (κ3) is 6.92. The zero-order valence-electron chi connectivity index (χ0n) is 40.6. The highest BCUT2D eigenvalue weighted by molar-refractivity contribution is 6.14. The molecule has 0 saturated carbocycles. The van der Waals surface area contributed by atoms with Gasteiger partial charge in [-0.2, -0.15) is 9.97 Å². The Labute approximate surface area is 432 Å². The molecule has 0 amide bonds. The van der Waals surface area contributed by atoms with Crippen molar-refractivity contribution < 1.29 is 0 Å². The molecule has 6 nitrogen and oxygen atoms in total. The minimum Gasteiger partial charge on any atom is -0.309 e. The van der Waals surface area contributed by atoms with Crippen LogP contribution in [0.5, 0.6) is 0 Å². The summed E-state index contributed by atoms with van der Waals surface area (Å²) >= 11 is 0. The summed E-state index contributed by atoms with van der Waals surface area (Å²) in [7, 11) is 0. The summed E-state index contributed by atoms with van der Waals surface area (Å²) < 4.78 is 7.03.